The Morgan fingerprint density at radius 3 is 0.855 bits per heavy atom. The molecule has 0 spiro atoms. The molecule has 0 saturated heterocycles. The van der Waals surface area contributed by atoms with E-state index in [0.29, 0.717) is 0 Å². The fourth-order valence-corrected chi connectivity index (χ4v) is 12.8. The lowest BCUT2D eigenvalue weighted by atomic mass is 9.83. The Hall–Kier alpha value is -10.0. The van der Waals surface area contributed by atoms with Crippen LogP contribution in [-0.2, 0) is 0 Å². The van der Waals surface area contributed by atoms with Crippen molar-refractivity contribution in [3.63, 3.8) is 0 Å². The van der Waals surface area contributed by atoms with Crippen LogP contribution in [0.25, 0.3) is 165 Å². The van der Waals surface area contributed by atoms with E-state index in [2.05, 4.69) is 255 Å². The molecule has 2 heterocycles. The van der Waals surface area contributed by atoms with Gasteiger partial charge in [0.25, 0.3) is 0 Å². The molecule has 16 rings (SSSR count). The van der Waals surface area contributed by atoms with Crippen LogP contribution in [0.5, 0.6) is 0 Å². The molecule has 0 aliphatic carbocycles. The summed E-state index contributed by atoms with van der Waals surface area (Å²) < 4.78 is 12.9. The lowest BCUT2D eigenvalue weighted by Crippen LogP contribution is -1.93. The molecule has 0 atom stereocenters. The number of para-hydroxylation sites is 2. The molecule has 0 saturated carbocycles. The fraction of sp³-hybridized carbons (Fsp3) is 0. The molecule has 2 aromatic heterocycles. The highest BCUT2D eigenvalue weighted by Gasteiger charge is 2.23. The van der Waals surface area contributed by atoms with Gasteiger partial charge in [-0.25, -0.2) is 0 Å². The van der Waals surface area contributed by atoms with Crippen LogP contribution in [0.3, 0.4) is 0 Å². The highest BCUT2D eigenvalue weighted by atomic mass is 16.3. The molecule has 16 aromatic rings. The second-order valence-corrected chi connectivity index (χ2v) is 20.1. The molecule has 0 N–H and O–H groups in total. The Morgan fingerprint density at radius 1 is 0.184 bits per heavy atom. The Labute approximate surface area is 437 Å². The van der Waals surface area contributed by atoms with Crippen LogP contribution in [0, 0.1) is 0 Å². The normalized spacial score (nSPS) is 11.9. The second-order valence-electron chi connectivity index (χ2n) is 20.1. The summed E-state index contributed by atoms with van der Waals surface area (Å²) in [5, 5.41) is 16.7. The summed E-state index contributed by atoms with van der Waals surface area (Å²) in [5.41, 5.74) is 17.9. The molecule has 352 valence electrons. The van der Waals surface area contributed by atoms with Gasteiger partial charge in [-0.1, -0.05) is 218 Å². The quantitative estimate of drug-likeness (QED) is 0.155. The van der Waals surface area contributed by atoms with Crippen molar-refractivity contribution in [2.24, 2.45) is 0 Å². The lowest BCUT2D eigenvalue weighted by molar-refractivity contribution is 0.668. The van der Waals surface area contributed by atoms with E-state index < -0.39 is 0 Å². The topological polar surface area (TPSA) is 26.3 Å². The average Bonchev–Trinajstić information content (AvgIpc) is 4.14. The van der Waals surface area contributed by atoms with Crippen molar-refractivity contribution in [2.45, 2.75) is 0 Å². The van der Waals surface area contributed by atoms with Crippen LogP contribution in [0.2, 0.25) is 0 Å². The zero-order valence-corrected chi connectivity index (χ0v) is 41.2. The predicted molar refractivity (Wildman–Crippen MR) is 321 cm³/mol. The van der Waals surface area contributed by atoms with E-state index in [9.17, 15) is 0 Å². The fourth-order valence-electron chi connectivity index (χ4n) is 12.8. The molecule has 0 aliphatic rings. The zero-order chi connectivity index (χ0) is 49.8. The SMILES string of the molecule is c1cc(-c2cc3ccccc3cc2-c2cccc(-c3c4ccccc4c(-c4cccc5oc6ccccc6c45)c4ccccc34)c2)cc(-c2c3ccccc3c(-c3cccc4oc5ccccc5c34)c3ccccc23)c1. The molecule has 0 fully saturated rings. The van der Waals surface area contributed by atoms with Crippen LogP contribution in [0.15, 0.2) is 276 Å². The van der Waals surface area contributed by atoms with E-state index >= 15 is 0 Å². The molecule has 0 aliphatic heterocycles. The van der Waals surface area contributed by atoms with Gasteiger partial charge in [-0.05, 0) is 169 Å². The van der Waals surface area contributed by atoms with Crippen LogP contribution in [-0.4, -0.2) is 0 Å². The predicted octanol–water partition coefficient (Wildman–Crippen LogP) is 21.3. The van der Waals surface area contributed by atoms with E-state index in [1.165, 1.54) is 109 Å². The Bertz CT molecular complexity index is 4630. The molecular formula is C74H44O2. The summed E-state index contributed by atoms with van der Waals surface area (Å²) in [4.78, 5) is 0. The van der Waals surface area contributed by atoms with Crippen molar-refractivity contribution >= 4 is 97.7 Å². The lowest BCUT2D eigenvalue weighted by Gasteiger charge is -2.20. The number of hydrogen-bond donors (Lipinski definition) is 0. The van der Waals surface area contributed by atoms with Gasteiger partial charge in [0.1, 0.15) is 22.3 Å². The highest BCUT2D eigenvalue weighted by molar-refractivity contribution is 6.27. The molecule has 0 amide bonds. The Kier molecular flexibility index (Phi) is 9.37. The van der Waals surface area contributed by atoms with Crippen molar-refractivity contribution < 1.29 is 8.83 Å². The van der Waals surface area contributed by atoms with Gasteiger partial charge < -0.3 is 8.83 Å². The van der Waals surface area contributed by atoms with Crippen LogP contribution >= 0.6 is 0 Å². The molecule has 2 heteroatoms. The first-order valence-electron chi connectivity index (χ1n) is 26.1. The third kappa shape index (κ3) is 6.41. The largest absolute Gasteiger partial charge is 0.456 e. The molecule has 14 aromatic carbocycles. The molecule has 0 bridgehead atoms. The van der Waals surface area contributed by atoms with E-state index in [1.54, 1.807) is 0 Å². The maximum atomic E-state index is 6.46. The number of rotatable bonds is 6. The van der Waals surface area contributed by atoms with Crippen molar-refractivity contribution in [3.8, 4) is 66.8 Å². The first-order valence-corrected chi connectivity index (χ1v) is 26.1. The van der Waals surface area contributed by atoms with Gasteiger partial charge in [-0.2, -0.15) is 0 Å². The maximum absolute atomic E-state index is 6.46. The first kappa shape index (κ1) is 42.5. The van der Waals surface area contributed by atoms with E-state index in [4.69, 9.17) is 8.83 Å². The van der Waals surface area contributed by atoms with Crippen molar-refractivity contribution in [1.82, 2.24) is 0 Å². The summed E-state index contributed by atoms with van der Waals surface area (Å²) in [6.07, 6.45) is 0. The summed E-state index contributed by atoms with van der Waals surface area (Å²) >= 11 is 0. The summed E-state index contributed by atoms with van der Waals surface area (Å²) in [5.74, 6) is 0. The summed E-state index contributed by atoms with van der Waals surface area (Å²) in [7, 11) is 0. The smallest absolute Gasteiger partial charge is 0.136 e. The third-order valence-electron chi connectivity index (χ3n) is 16.0. The van der Waals surface area contributed by atoms with Gasteiger partial charge in [0.2, 0.25) is 0 Å². The molecule has 76 heavy (non-hydrogen) atoms. The number of furan rings is 2. The van der Waals surface area contributed by atoms with Gasteiger partial charge in [0.15, 0.2) is 0 Å². The molecule has 0 unspecified atom stereocenters. The van der Waals surface area contributed by atoms with Gasteiger partial charge >= 0.3 is 0 Å². The van der Waals surface area contributed by atoms with Crippen LogP contribution in [0.1, 0.15) is 0 Å². The first-order chi connectivity index (χ1) is 37.7. The molecule has 2 nitrogen and oxygen atoms in total. The van der Waals surface area contributed by atoms with Gasteiger partial charge in [-0.15, -0.1) is 0 Å². The van der Waals surface area contributed by atoms with Gasteiger partial charge in [0.05, 0.1) is 0 Å². The minimum Gasteiger partial charge on any atom is -0.456 e. The van der Waals surface area contributed by atoms with E-state index in [1.807, 2.05) is 12.1 Å². The minimum atomic E-state index is 0.897. The Balaban J connectivity index is 0.890. The standard InChI is InChI=1S/C74H44O2/c1-2-20-46-44-64(48-22-16-24-50(42-48)70-53-27-5-9-31-57(53)72(58-32-10-6-28-54(58)70)62-36-18-40-68-74(62)60-34-12-14-38-66(60)76-68)63(43-45(46)19-1)47-21-15-23-49(41-47)69-51-25-3-7-29-55(51)71(56-30-8-4-26-52(56)69)61-35-17-39-67-73(61)59-33-11-13-37-65(59)75-67/h1-44H. The second kappa shape index (κ2) is 16.8. The monoisotopic (exact) mass is 964 g/mol. The van der Waals surface area contributed by atoms with Crippen LogP contribution in [0.4, 0.5) is 0 Å². The van der Waals surface area contributed by atoms with Crippen molar-refractivity contribution in [2.75, 3.05) is 0 Å². The number of benzene rings is 14. The number of hydrogen-bond acceptors (Lipinski definition) is 2. The van der Waals surface area contributed by atoms with Gasteiger partial charge in [0, 0.05) is 21.5 Å². The summed E-state index contributed by atoms with van der Waals surface area (Å²) in [6.45, 7) is 0. The average molecular weight is 965 g/mol. The van der Waals surface area contributed by atoms with Crippen LogP contribution < -0.4 is 0 Å². The van der Waals surface area contributed by atoms with Gasteiger partial charge in [-0.3, -0.25) is 0 Å². The van der Waals surface area contributed by atoms with Crippen molar-refractivity contribution in [3.05, 3.63) is 267 Å². The molecule has 0 radical (unpaired) electrons. The van der Waals surface area contributed by atoms with E-state index in [0.717, 1.165) is 55.0 Å². The third-order valence-corrected chi connectivity index (χ3v) is 16.0. The van der Waals surface area contributed by atoms with Crippen molar-refractivity contribution in [1.29, 1.82) is 0 Å². The Morgan fingerprint density at radius 2 is 0.474 bits per heavy atom. The summed E-state index contributed by atoms with van der Waals surface area (Å²) in [6, 6.07) is 97.5. The highest BCUT2D eigenvalue weighted by Crippen LogP contribution is 2.50. The number of fused-ring (bicyclic) bond motifs is 11. The maximum Gasteiger partial charge on any atom is 0.136 e. The minimum absolute atomic E-state index is 0.897. The molecular weight excluding hydrogens is 921 g/mol. The van der Waals surface area contributed by atoms with E-state index in [-0.39, 0.29) is 0 Å². The zero-order valence-electron chi connectivity index (χ0n) is 41.2.